The first kappa shape index (κ1) is 13.4. The van der Waals surface area contributed by atoms with Crippen LogP contribution < -0.4 is 5.56 Å². The molecular weight excluding hydrogens is 220 g/mol. The van der Waals surface area contributed by atoms with Crippen LogP contribution in [-0.2, 0) is 4.74 Å². The molecule has 0 unspecified atom stereocenters. The standard InChI is InChI=1S/C12H18N2O3/c1-3-14(7-8-17-4-2)12(16)10-5-6-11(15)13-9-10/h5-6,9H,3-4,7-8H2,1-2H3,(H,13,15). The van der Waals surface area contributed by atoms with Crippen molar-refractivity contribution in [3.8, 4) is 0 Å². The van der Waals surface area contributed by atoms with Gasteiger partial charge in [0.1, 0.15) is 0 Å². The second-order valence-corrected chi connectivity index (χ2v) is 3.52. The molecule has 0 bridgehead atoms. The Hall–Kier alpha value is -1.62. The van der Waals surface area contributed by atoms with Crippen molar-refractivity contribution in [1.82, 2.24) is 9.88 Å². The summed E-state index contributed by atoms with van der Waals surface area (Å²) >= 11 is 0. The first-order valence-electron chi connectivity index (χ1n) is 5.74. The molecule has 5 heteroatoms. The Labute approximate surface area is 100 Å². The molecule has 1 rings (SSSR count). The van der Waals surface area contributed by atoms with Crippen LogP contribution in [0.15, 0.2) is 23.1 Å². The first-order valence-corrected chi connectivity index (χ1v) is 5.74. The molecule has 0 aromatic carbocycles. The van der Waals surface area contributed by atoms with Gasteiger partial charge in [-0.2, -0.15) is 0 Å². The number of amides is 1. The molecule has 0 spiro atoms. The molecule has 17 heavy (non-hydrogen) atoms. The SMILES string of the molecule is CCOCCN(CC)C(=O)c1ccc(=O)[nH]c1. The number of likely N-dealkylation sites (N-methyl/N-ethyl adjacent to an activating group) is 1. The molecule has 0 fully saturated rings. The highest BCUT2D eigenvalue weighted by atomic mass is 16.5. The second kappa shape index (κ2) is 6.85. The van der Waals surface area contributed by atoms with Gasteiger partial charge in [0.2, 0.25) is 5.56 Å². The summed E-state index contributed by atoms with van der Waals surface area (Å²) in [6.07, 6.45) is 1.44. The minimum atomic E-state index is -0.209. The molecule has 0 atom stereocenters. The summed E-state index contributed by atoms with van der Waals surface area (Å²) in [7, 11) is 0. The number of rotatable bonds is 6. The molecule has 5 nitrogen and oxygen atoms in total. The quantitative estimate of drug-likeness (QED) is 0.748. The van der Waals surface area contributed by atoms with Crippen molar-refractivity contribution in [2.24, 2.45) is 0 Å². The van der Waals surface area contributed by atoms with Crippen LogP contribution in [0.4, 0.5) is 0 Å². The monoisotopic (exact) mass is 238 g/mol. The van der Waals surface area contributed by atoms with Crippen LogP contribution >= 0.6 is 0 Å². The molecule has 0 aliphatic carbocycles. The van der Waals surface area contributed by atoms with Gasteiger partial charge in [-0.3, -0.25) is 9.59 Å². The van der Waals surface area contributed by atoms with Crippen molar-refractivity contribution in [2.75, 3.05) is 26.3 Å². The van der Waals surface area contributed by atoms with Gasteiger partial charge >= 0.3 is 0 Å². The summed E-state index contributed by atoms with van der Waals surface area (Å²) in [5.41, 5.74) is 0.280. The van der Waals surface area contributed by atoms with Crippen molar-refractivity contribution in [1.29, 1.82) is 0 Å². The van der Waals surface area contributed by atoms with E-state index in [4.69, 9.17) is 4.74 Å². The average molecular weight is 238 g/mol. The molecule has 0 saturated carbocycles. The summed E-state index contributed by atoms with van der Waals surface area (Å²) in [6, 6.07) is 2.88. The zero-order valence-corrected chi connectivity index (χ0v) is 10.2. The van der Waals surface area contributed by atoms with Crippen LogP contribution in [0.5, 0.6) is 0 Å². The van der Waals surface area contributed by atoms with Gasteiger partial charge < -0.3 is 14.6 Å². The third-order valence-corrected chi connectivity index (χ3v) is 2.41. The number of aromatic amines is 1. The molecule has 0 radical (unpaired) electrons. The number of aromatic nitrogens is 1. The van der Waals surface area contributed by atoms with Gasteiger partial charge in [-0.15, -0.1) is 0 Å². The maximum atomic E-state index is 12.0. The van der Waals surface area contributed by atoms with Crippen LogP contribution in [0.3, 0.4) is 0 Å². The van der Waals surface area contributed by atoms with Crippen molar-refractivity contribution in [3.05, 3.63) is 34.2 Å². The summed E-state index contributed by atoms with van der Waals surface area (Å²) in [5, 5.41) is 0. The number of H-pyrrole nitrogens is 1. The lowest BCUT2D eigenvalue weighted by Gasteiger charge is -2.20. The molecule has 1 aromatic heterocycles. The minimum absolute atomic E-state index is 0.0940. The predicted molar refractivity (Wildman–Crippen MR) is 65.1 cm³/mol. The van der Waals surface area contributed by atoms with E-state index >= 15 is 0 Å². The van der Waals surface area contributed by atoms with E-state index in [1.165, 1.54) is 18.3 Å². The highest BCUT2D eigenvalue weighted by Crippen LogP contribution is 2.01. The molecule has 1 heterocycles. The van der Waals surface area contributed by atoms with E-state index in [-0.39, 0.29) is 11.5 Å². The van der Waals surface area contributed by atoms with Crippen molar-refractivity contribution < 1.29 is 9.53 Å². The molecule has 0 aliphatic rings. The smallest absolute Gasteiger partial charge is 0.255 e. The Kier molecular flexibility index (Phi) is 5.42. The number of carbonyl (C=O) groups is 1. The largest absolute Gasteiger partial charge is 0.380 e. The Morgan fingerprint density at radius 2 is 2.18 bits per heavy atom. The topological polar surface area (TPSA) is 62.4 Å². The number of nitrogens with zero attached hydrogens (tertiary/aromatic N) is 1. The molecule has 1 aromatic rings. The van der Waals surface area contributed by atoms with E-state index in [9.17, 15) is 9.59 Å². The van der Waals surface area contributed by atoms with Crippen LogP contribution in [0.2, 0.25) is 0 Å². The molecule has 1 N–H and O–H groups in total. The first-order chi connectivity index (χ1) is 8.19. The van der Waals surface area contributed by atoms with E-state index in [1.807, 2.05) is 13.8 Å². The Morgan fingerprint density at radius 3 is 2.71 bits per heavy atom. The molecule has 1 amide bonds. The minimum Gasteiger partial charge on any atom is -0.380 e. The lowest BCUT2D eigenvalue weighted by molar-refractivity contribution is 0.0669. The second-order valence-electron chi connectivity index (χ2n) is 3.52. The lowest BCUT2D eigenvalue weighted by Crippen LogP contribution is -2.34. The maximum absolute atomic E-state index is 12.0. The fourth-order valence-corrected chi connectivity index (χ4v) is 1.45. The van der Waals surface area contributed by atoms with Crippen LogP contribution in [-0.4, -0.2) is 42.1 Å². The fourth-order valence-electron chi connectivity index (χ4n) is 1.45. The van der Waals surface area contributed by atoms with E-state index in [0.29, 0.717) is 31.9 Å². The number of hydrogen-bond donors (Lipinski definition) is 1. The van der Waals surface area contributed by atoms with Gasteiger partial charge in [-0.05, 0) is 19.9 Å². The van der Waals surface area contributed by atoms with E-state index in [2.05, 4.69) is 4.98 Å². The highest BCUT2D eigenvalue weighted by Gasteiger charge is 2.13. The summed E-state index contributed by atoms with van der Waals surface area (Å²) in [4.78, 5) is 27.1. The normalized spacial score (nSPS) is 10.2. The fraction of sp³-hybridized carbons (Fsp3) is 0.500. The Balaban J connectivity index is 2.65. The van der Waals surface area contributed by atoms with Crippen LogP contribution in [0.25, 0.3) is 0 Å². The number of ether oxygens (including phenoxy) is 1. The van der Waals surface area contributed by atoms with Gasteiger partial charge in [0.25, 0.3) is 5.91 Å². The third kappa shape index (κ3) is 4.03. The molecule has 94 valence electrons. The van der Waals surface area contributed by atoms with E-state index in [0.717, 1.165) is 0 Å². The summed E-state index contributed by atoms with van der Waals surface area (Å²) < 4.78 is 5.22. The third-order valence-electron chi connectivity index (χ3n) is 2.41. The summed E-state index contributed by atoms with van der Waals surface area (Å²) in [6.45, 7) is 6.17. The maximum Gasteiger partial charge on any atom is 0.255 e. The number of carbonyl (C=O) groups excluding carboxylic acids is 1. The van der Waals surface area contributed by atoms with Gasteiger partial charge in [0, 0.05) is 32.0 Å². The predicted octanol–water partition coefficient (Wildman–Crippen LogP) is 0.874. The number of nitrogens with one attached hydrogen (secondary N) is 1. The zero-order valence-electron chi connectivity index (χ0n) is 10.2. The number of pyridine rings is 1. The molecule has 0 aliphatic heterocycles. The van der Waals surface area contributed by atoms with Crippen molar-refractivity contribution in [3.63, 3.8) is 0 Å². The van der Waals surface area contributed by atoms with E-state index in [1.54, 1.807) is 4.90 Å². The van der Waals surface area contributed by atoms with Gasteiger partial charge in [-0.25, -0.2) is 0 Å². The molecular formula is C12H18N2O3. The van der Waals surface area contributed by atoms with Crippen LogP contribution in [0, 0.1) is 0 Å². The van der Waals surface area contributed by atoms with Crippen molar-refractivity contribution >= 4 is 5.91 Å². The lowest BCUT2D eigenvalue weighted by atomic mass is 10.2. The van der Waals surface area contributed by atoms with Crippen molar-refractivity contribution in [2.45, 2.75) is 13.8 Å². The highest BCUT2D eigenvalue weighted by molar-refractivity contribution is 5.93. The van der Waals surface area contributed by atoms with Gasteiger partial charge in [-0.1, -0.05) is 0 Å². The number of hydrogen-bond acceptors (Lipinski definition) is 3. The summed E-state index contributed by atoms with van der Waals surface area (Å²) in [5.74, 6) is -0.0940. The Morgan fingerprint density at radius 1 is 1.41 bits per heavy atom. The molecule has 0 saturated heterocycles. The van der Waals surface area contributed by atoms with E-state index < -0.39 is 0 Å². The van der Waals surface area contributed by atoms with Crippen LogP contribution in [0.1, 0.15) is 24.2 Å². The van der Waals surface area contributed by atoms with Gasteiger partial charge in [0.15, 0.2) is 0 Å². The average Bonchev–Trinajstić information content (AvgIpc) is 2.35. The Bertz CT molecular complexity index is 394. The zero-order chi connectivity index (χ0) is 12.7. The van der Waals surface area contributed by atoms with Gasteiger partial charge in [0.05, 0.1) is 12.2 Å².